The molecule has 0 aromatic heterocycles. The van der Waals surface area contributed by atoms with Gasteiger partial charge in [0.25, 0.3) is 0 Å². The van der Waals surface area contributed by atoms with Gasteiger partial charge in [-0.3, -0.25) is 0 Å². The summed E-state index contributed by atoms with van der Waals surface area (Å²) in [6, 6.07) is 0. The predicted molar refractivity (Wildman–Crippen MR) is 35.6 cm³/mol. The van der Waals surface area contributed by atoms with Crippen LogP contribution >= 0.6 is 0 Å². The van der Waals surface area contributed by atoms with Crippen molar-refractivity contribution in [1.29, 1.82) is 0 Å². The van der Waals surface area contributed by atoms with Gasteiger partial charge in [0.1, 0.15) is 0 Å². The Morgan fingerprint density at radius 2 is 1.00 bits per heavy atom. The van der Waals surface area contributed by atoms with Crippen molar-refractivity contribution < 1.29 is 0 Å². The molecular weight excluding hydrogens is 575 g/mol. The first-order valence-corrected chi connectivity index (χ1v) is 0. The van der Waals surface area contributed by atoms with Crippen molar-refractivity contribution in [3.63, 3.8) is 0 Å². The molecule has 0 unspecified atom stereocenters. The van der Waals surface area contributed by atoms with Gasteiger partial charge < -0.3 is 0 Å². The molecule has 0 heterocycles. The standard InChI is InChI=1S/Pb.Sb.Sn.H2Te.7H/h;;;1H2;;;;;;;. The third-order valence-corrected chi connectivity index (χ3v) is 0. The Balaban J connectivity index is 0. The zero-order valence-corrected chi connectivity index (χ0v) is 19.0. The van der Waals surface area contributed by atoms with Crippen molar-refractivity contribution in [3.8, 4) is 0 Å². The summed E-state index contributed by atoms with van der Waals surface area (Å²) in [6.07, 6.45) is 0. The third kappa shape index (κ3) is 9.01. The van der Waals surface area contributed by atoms with E-state index in [1.165, 1.54) is 0 Å². The molecular formula is H9PbSbSnTe. The second kappa shape index (κ2) is 16.2. The summed E-state index contributed by atoms with van der Waals surface area (Å²) < 4.78 is 0. The third-order valence-electron chi connectivity index (χ3n) is 0. The normalized spacial score (nSPS) is 0. The van der Waals surface area contributed by atoms with Crippen LogP contribution in [0.25, 0.3) is 0 Å². The molecule has 0 bridgehead atoms. The van der Waals surface area contributed by atoms with E-state index in [0.29, 0.717) is 0 Å². The van der Waals surface area contributed by atoms with Crippen LogP contribution in [0.2, 0.25) is 0 Å². The number of rotatable bonds is 0. The molecule has 28 valence electrons. The molecule has 0 rings (SSSR count). The molecule has 0 aliphatic rings. The zero-order chi connectivity index (χ0) is 0. The van der Waals surface area contributed by atoms with E-state index in [1.54, 1.807) is 0 Å². The topological polar surface area (TPSA) is 0 Å². The average molecular weight is 584 g/mol. The van der Waals surface area contributed by atoms with Crippen molar-refractivity contribution in [2.24, 2.45) is 0 Å². The quantitative estimate of drug-likeness (QED) is 0.256. The molecule has 0 atom stereocenters. The monoisotopic (exact) mass is 588 g/mol. The molecule has 4 heteroatoms. The fourth-order valence-corrected chi connectivity index (χ4v) is 0. The van der Waals surface area contributed by atoms with E-state index in [4.69, 9.17) is 0 Å². The Kier molecular flexibility index (Phi) is 107. The molecule has 0 aromatic carbocycles. The minimum absolute atomic E-state index is 0. The van der Waals surface area contributed by atoms with Crippen LogP contribution in [0, 0.1) is 0 Å². The summed E-state index contributed by atoms with van der Waals surface area (Å²) in [7, 11) is 0. The Morgan fingerprint density at radius 1 is 1.00 bits per heavy atom. The van der Waals surface area contributed by atoms with Crippen molar-refractivity contribution in [2.75, 3.05) is 0 Å². The van der Waals surface area contributed by atoms with Gasteiger partial charge in [-0.15, -0.1) is 0 Å². The summed E-state index contributed by atoms with van der Waals surface area (Å²) in [5.74, 6) is 0. The maximum atomic E-state index is 0. The molecule has 0 aliphatic carbocycles. The van der Waals surface area contributed by atoms with E-state index in [9.17, 15) is 0 Å². The van der Waals surface area contributed by atoms with E-state index in [-0.39, 0.29) is 99.3 Å². The molecule has 0 saturated heterocycles. The van der Waals surface area contributed by atoms with Crippen LogP contribution in [0.5, 0.6) is 0 Å². The molecule has 0 saturated carbocycles. The SMILES string of the molecule is [PbH2].[SbH3].[SnH2].[TeH2]. The molecule has 0 N–H and O–H groups in total. The Hall–Kier alpha value is 3.33. The van der Waals surface area contributed by atoms with Crippen molar-refractivity contribution in [2.45, 2.75) is 0 Å². The van der Waals surface area contributed by atoms with Crippen LogP contribution in [0.15, 0.2) is 0 Å². The van der Waals surface area contributed by atoms with Crippen LogP contribution in [-0.2, 0) is 0 Å². The first-order chi connectivity index (χ1) is 0. The van der Waals surface area contributed by atoms with Crippen molar-refractivity contribution in [1.82, 2.24) is 0 Å². The fraction of sp³-hybridized carbons (Fsp3) is 0. The molecule has 4 radical (unpaired) electrons. The van der Waals surface area contributed by atoms with E-state index in [2.05, 4.69) is 0 Å². The van der Waals surface area contributed by atoms with Gasteiger partial charge in [0.05, 0.1) is 0 Å². The Bertz CT molecular complexity index is 8.00. The average Bonchev–Trinajstić information content (AvgIpc) is 0. The second-order valence-electron chi connectivity index (χ2n) is 0. The first kappa shape index (κ1) is 26.5. The van der Waals surface area contributed by atoms with E-state index in [1.807, 2.05) is 0 Å². The van der Waals surface area contributed by atoms with E-state index in [0.717, 1.165) is 0 Å². The van der Waals surface area contributed by atoms with Gasteiger partial charge in [-0.1, -0.05) is 0 Å². The van der Waals surface area contributed by atoms with Crippen molar-refractivity contribution in [3.05, 3.63) is 0 Å². The van der Waals surface area contributed by atoms with Crippen LogP contribution in [0.3, 0.4) is 0 Å². The van der Waals surface area contributed by atoms with Crippen LogP contribution in [-0.4, -0.2) is 99.3 Å². The van der Waals surface area contributed by atoms with Crippen molar-refractivity contribution >= 4 is 99.3 Å². The summed E-state index contributed by atoms with van der Waals surface area (Å²) in [5.41, 5.74) is 0. The molecule has 0 amide bonds. The van der Waals surface area contributed by atoms with Gasteiger partial charge >= 0.3 is 99.3 Å². The van der Waals surface area contributed by atoms with E-state index < -0.39 is 0 Å². The number of hydrogen-bond donors (Lipinski definition) is 0. The summed E-state index contributed by atoms with van der Waals surface area (Å²) in [6.45, 7) is 0. The van der Waals surface area contributed by atoms with Crippen LogP contribution in [0.4, 0.5) is 0 Å². The van der Waals surface area contributed by atoms with Gasteiger partial charge in [-0.05, 0) is 0 Å². The Labute approximate surface area is 97.2 Å². The summed E-state index contributed by atoms with van der Waals surface area (Å²) in [4.78, 5) is 0. The van der Waals surface area contributed by atoms with Gasteiger partial charge in [0.15, 0.2) is 0 Å². The number of hydrogen-bond acceptors (Lipinski definition) is 0. The minimum atomic E-state index is 0. The van der Waals surface area contributed by atoms with Gasteiger partial charge in [0, 0.05) is 0 Å². The fourth-order valence-electron chi connectivity index (χ4n) is 0. The molecule has 0 spiro atoms. The first-order valence-electron chi connectivity index (χ1n) is 0. The van der Waals surface area contributed by atoms with E-state index >= 15 is 0 Å². The van der Waals surface area contributed by atoms with Gasteiger partial charge in [-0.25, -0.2) is 0 Å². The molecule has 0 aliphatic heterocycles. The Morgan fingerprint density at radius 3 is 1.00 bits per heavy atom. The molecule has 0 nitrogen and oxygen atoms in total. The van der Waals surface area contributed by atoms with Crippen LogP contribution in [0.1, 0.15) is 0 Å². The maximum absolute atomic E-state index is 0. The predicted octanol–water partition coefficient (Wildman–Crippen LogP) is -3.93. The molecule has 0 aromatic rings. The van der Waals surface area contributed by atoms with Gasteiger partial charge in [-0.2, -0.15) is 0 Å². The second-order valence-corrected chi connectivity index (χ2v) is 0. The summed E-state index contributed by atoms with van der Waals surface area (Å²) in [5, 5.41) is 0. The molecule has 4 heavy (non-hydrogen) atoms. The summed E-state index contributed by atoms with van der Waals surface area (Å²) >= 11 is 0. The molecule has 0 fully saturated rings. The van der Waals surface area contributed by atoms with Crippen LogP contribution < -0.4 is 0 Å². The zero-order valence-electron chi connectivity index (χ0n) is 2.62. The van der Waals surface area contributed by atoms with Gasteiger partial charge in [0.2, 0.25) is 0 Å².